The second-order valence-corrected chi connectivity index (χ2v) is 7.88. The molecule has 0 atom stereocenters. The summed E-state index contributed by atoms with van der Waals surface area (Å²) in [6, 6.07) is 15.1. The number of nitrogens with one attached hydrogen (secondary N) is 2. The molecule has 152 valence electrons. The second kappa shape index (κ2) is 8.54. The van der Waals surface area contributed by atoms with Crippen molar-refractivity contribution in [3.63, 3.8) is 0 Å². The first kappa shape index (κ1) is 19.9. The van der Waals surface area contributed by atoms with Crippen molar-refractivity contribution in [1.82, 2.24) is 19.6 Å². The lowest BCUT2D eigenvalue weighted by molar-refractivity contribution is 0.262. The van der Waals surface area contributed by atoms with Crippen LogP contribution in [0.1, 0.15) is 23.7 Å². The molecule has 0 saturated carbocycles. The Morgan fingerprint density at radius 2 is 1.83 bits per heavy atom. The molecule has 4 rings (SSSR count). The van der Waals surface area contributed by atoms with E-state index in [0.29, 0.717) is 5.78 Å². The first-order chi connectivity index (χ1) is 14.5. The van der Waals surface area contributed by atoms with Crippen molar-refractivity contribution in [2.45, 2.75) is 37.1 Å². The van der Waals surface area contributed by atoms with E-state index in [1.165, 1.54) is 6.33 Å². The fourth-order valence-electron chi connectivity index (χ4n) is 3.15. The molecule has 0 unspecified atom stereocenters. The molecule has 0 bridgehead atoms. The zero-order valence-corrected chi connectivity index (χ0v) is 17.8. The van der Waals surface area contributed by atoms with Gasteiger partial charge in [-0.25, -0.2) is 9.78 Å². The summed E-state index contributed by atoms with van der Waals surface area (Å²) in [4.78, 5) is 22.2. The summed E-state index contributed by atoms with van der Waals surface area (Å²) in [6.07, 6.45) is 2.32. The van der Waals surface area contributed by atoms with Gasteiger partial charge in [0.05, 0.1) is 5.69 Å². The van der Waals surface area contributed by atoms with Gasteiger partial charge in [-0.2, -0.15) is 14.6 Å². The van der Waals surface area contributed by atoms with Crippen molar-refractivity contribution in [2.24, 2.45) is 0 Å². The number of rotatable bonds is 5. The van der Waals surface area contributed by atoms with E-state index in [-0.39, 0.29) is 6.03 Å². The minimum atomic E-state index is -0.292. The molecule has 0 saturated heterocycles. The van der Waals surface area contributed by atoms with Crippen LogP contribution in [0.15, 0.2) is 64.8 Å². The highest BCUT2D eigenvalue weighted by molar-refractivity contribution is 7.99. The Bertz CT molecular complexity index is 1200. The van der Waals surface area contributed by atoms with Gasteiger partial charge in [-0.3, -0.25) is 0 Å². The van der Waals surface area contributed by atoms with Gasteiger partial charge in [0.2, 0.25) is 0 Å². The zero-order valence-electron chi connectivity index (χ0n) is 17.0. The quantitative estimate of drug-likeness (QED) is 0.441. The van der Waals surface area contributed by atoms with E-state index in [9.17, 15) is 4.79 Å². The summed E-state index contributed by atoms with van der Waals surface area (Å²) in [5.74, 6) is 0.565. The molecule has 2 N–H and O–H groups in total. The van der Waals surface area contributed by atoms with Gasteiger partial charge in [-0.1, -0.05) is 48.5 Å². The van der Waals surface area contributed by atoms with Crippen LogP contribution >= 0.6 is 11.8 Å². The number of amides is 2. The molecule has 0 spiro atoms. The van der Waals surface area contributed by atoms with Gasteiger partial charge in [0.25, 0.3) is 5.78 Å². The van der Waals surface area contributed by atoms with Crippen molar-refractivity contribution in [1.29, 1.82) is 0 Å². The van der Waals surface area contributed by atoms with Crippen LogP contribution in [0.4, 0.5) is 16.2 Å². The van der Waals surface area contributed by atoms with Crippen molar-refractivity contribution < 1.29 is 4.79 Å². The third kappa shape index (κ3) is 4.13. The minimum absolute atomic E-state index is 0.292. The summed E-state index contributed by atoms with van der Waals surface area (Å²) in [5.41, 5.74) is 4.64. The molecular weight excluding hydrogens is 396 g/mol. The Hall–Kier alpha value is -3.39. The number of aromatic nitrogens is 4. The SMILES string of the molecule is CCc1c(C)nc2ncnn2c1Sc1ccccc1NC(=O)Nc1ccc(C)cc1. The smallest absolute Gasteiger partial charge is 0.308 e. The normalized spacial score (nSPS) is 10.9. The second-order valence-electron chi connectivity index (χ2n) is 6.85. The topological polar surface area (TPSA) is 84.2 Å². The van der Waals surface area contributed by atoms with E-state index in [1.807, 2.05) is 62.4 Å². The minimum Gasteiger partial charge on any atom is -0.308 e. The Labute approximate surface area is 179 Å². The number of carbonyl (C=O) groups is 1. The number of fused-ring (bicyclic) bond motifs is 1. The maximum Gasteiger partial charge on any atom is 0.323 e. The Balaban J connectivity index is 1.61. The van der Waals surface area contributed by atoms with Crippen molar-refractivity contribution >= 4 is 34.9 Å². The predicted octanol–water partition coefficient (Wildman–Crippen LogP) is 5.10. The molecule has 2 aromatic heterocycles. The number of anilines is 2. The molecule has 8 heteroatoms. The maximum atomic E-state index is 12.6. The molecule has 4 aromatic rings. The Morgan fingerprint density at radius 1 is 1.07 bits per heavy atom. The van der Waals surface area contributed by atoms with Crippen LogP contribution in [0, 0.1) is 13.8 Å². The van der Waals surface area contributed by atoms with Crippen LogP contribution in [0.2, 0.25) is 0 Å². The number of aryl methyl sites for hydroxylation is 2. The molecular formula is C22H22N6OS. The van der Waals surface area contributed by atoms with Crippen LogP contribution < -0.4 is 10.6 Å². The summed E-state index contributed by atoms with van der Waals surface area (Å²) in [5, 5.41) is 11.1. The van der Waals surface area contributed by atoms with Crippen molar-refractivity contribution in [2.75, 3.05) is 10.6 Å². The number of hydrogen-bond donors (Lipinski definition) is 2. The van der Waals surface area contributed by atoms with E-state index in [0.717, 1.165) is 44.5 Å². The van der Waals surface area contributed by atoms with Gasteiger partial charge in [0, 0.05) is 21.8 Å². The first-order valence-corrected chi connectivity index (χ1v) is 10.5. The largest absolute Gasteiger partial charge is 0.323 e. The molecule has 7 nitrogen and oxygen atoms in total. The fraction of sp³-hybridized carbons (Fsp3) is 0.182. The zero-order chi connectivity index (χ0) is 21.1. The molecule has 0 radical (unpaired) electrons. The first-order valence-electron chi connectivity index (χ1n) is 9.66. The number of hydrogen-bond acceptors (Lipinski definition) is 5. The van der Waals surface area contributed by atoms with Crippen LogP contribution in [0.3, 0.4) is 0 Å². The number of para-hydroxylation sites is 1. The summed E-state index contributed by atoms with van der Waals surface area (Å²) in [6.45, 7) is 6.08. The van der Waals surface area contributed by atoms with Gasteiger partial charge in [-0.05, 0) is 44.5 Å². The van der Waals surface area contributed by atoms with E-state index < -0.39 is 0 Å². The molecule has 0 aliphatic rings. The van der Waals surface area contributed by atoms with E-state index in [1.54, 1.807) is 16.3 Å². The monoisotopic (exact) mass is 418 g/mol. The van der Waals surface area contributed by atoms with Crippen molar-refractivity contribution in [3.05, 3.63) is 71.7 Å². The van der Waals surface area contributed by atoms with Crippen LogP contribution in [-0.2, 0) is 6.42 Å². The lowest BCUT2D eigenvalue weighted by Crippen LogP contribution is -2.19. The van der Waals surface area contributed by atoms with Crippen LogP contribution in [0.5, 0.6) is 0 Å². The van der Waals surface area contributed by atoms with E-state index in [2.05, 4.69) is 32.6 Å². The molecule has 30 heavy (non-hydrogen) atoms. The Morgan fingerprint density at radius 3 is 2.60 bits per heavy atom. The molecule has 0 aliphatic heterocycles. The predicted molar refractivity (Wildman–Crippen MR) is 119 cm³/mol. The number of nitrogens with zero attached hydrogens (tertiary/aromatic N) is 4. The number of urea groups is 1. The average Bonchev–Trinajstić information content (AvgIpc) is 3.19. The Kier molecular flexibility index (Phi) is 5.67. The third-order valence-corrected chi connectivity index (χ3v) is 5.88. The van der Waals surface area contributed by atoms with Gasteiger partial charge in [-0.15, -0.1) is 0 Å². The molecule has 2 heterocycles. The van der Waals surface area contributed by atoms with Gasteiger partial charge in [0.1, 0.15) is 11.4 Å². The maximum absolute atomic E-state index is 12.6. The highest BCUT2D eigenvalue weighted by Crippen LogP contribution is 2.36. The summed E-state index contributed by atoms with van der Waals surface area (Å²) in [7, 11) is 0. The van der Waals surface area contributed by atoms with E-state index in [4.69, 9.17) is 0 Å². The lowest BCUT2D eigenvalue weighted by Gasteiger charge is -2.15. The standard InChI is InChI=1S/C22H22N6OS/c1-4-17-15(3)25-21-23-13-24-28(21)20(17)30-19-8-6-5-7-18(19)27-22(29)26-16-11-9-14(2)10-12-16/h5-13H,4H2,1-3H3,(H2,26,27,29). The highest BCUT2D eigenvalue weighted by atomic mass is 32.2. The molecule has 2 aromatic carbocycles. The lowest BCUT2D eigenvalue weighted by atomic mass is 10.2. The highest BCUT2D eigenvalue weighted by Gasteiger charge is 2.16. The van der Waals surface area contributed by atoms with Gasteiger partial charge >= 0.3 is 6.03 Å². The van der Waals surface area contributed by atoms with Crippen molar-refractivity contribution in [3.8, 4) is 0 Å². The summed E-state index contributed by atoms with van der Waals surface area (Å²) >= 11 is 1.54. The average molecular weight is 419 g/mol. The number of carbonyl (C=O) groups excluding carboxylic acids is 1. The molecule has 0 fully saturated rings. The third-order valence-electron chi connectivity index (χ3n) is 4.69. The van der Waals surface area contributed by atoms with E-state index >= 15 is 0 Å². The molecule has 0 aliphatic carbocycles. The number of benzene rings is 2. The summed E-state index contributed by atoms with van der Waals surface area (Å²) < 4.78 is 1.75. The van der Waals surface area contributed by atoms with Crippen LogP contribution in [0.25, 0.3) is 5.78 Å². The molecule has 2 amide bonds. The van der Waals surface area contributed by atoms with Gasteiger partial charge in [0.15, 0.2) is 0 Å². The van der Waals surface area contributed by atoms with Crippen LogP contribution in [-0.4, -0.2) is 25.6 Å². The van der Waals surface area contributed by atoms with Gasteiger partial charge < -0.3 is 10.6 Å². The fourth-order valence-corrected chi connectivity index (χ4v) is 4.37.